The van der Waals surface area contributed by atoms with Crippen LogP contribution in [-0.4, -0.2) is 31.4 Å². The molecule has 27 heavy (non-hydrogen) atoms. The Hall–Kier alpha value is -3.19. The van der Waals surface area contributed by atoms with E-state index in [9.17, 15) is 14.4 Å². The number of esters is 1. The Morgan fingerprint density at radius 3 is 2.30 bits per heavy atom. The number of hydrogen-bond donors (Lipinski definition) is 3. The number of rotatable bonds is 8. The molecule has 1 unspecified atom stereocenters. The van der Waals surface area contributed by atoms with E-state index < -0.39 is 5.97 Å². The molecular weight excluding hydrogens is 346 g/mol. The van der Waals surface area contributed by atoms with Gasteiger partial charge in [-0.3, -0.25) is 14.4 Å². The number of benzene rings is 2. The molecule has 7 nitrogen and oxygen atoms in total. The Labute approximate surface area is 157 Å². The zero-order valence-electron chi connectivity index (χ0n) is 15.1. The maximum atomic E-state index is 12.1. The molecule has 7 heteroatoms. The number of anilines is 1. The highest BCUT2D eigenvalue weighted by atomic mass is 16.5. The van der Waals surface area contributed by atoms with Gasteiger partial charge in [-0.1, -0.05) is 42.5 Å². The van der Waals surface area contributed by atoms with E-state index >= 15 is 0 Å². The minimum absolute atomic E-state index is 0.129. The summed E-state index contributed by atoms with van der Waals surface area (Å²) in [7, 11) is 1.26. The smallest absolute Gasteiger partial charge is 0.325 e. The molecular formula is C20H23N3O4. The second kappa shape index (κ2) is 10.1. The number of nitrogens with two attached hydrogens (primary N) is 1. The minimum Gasteiger partial charge on any atom is -0.468 e. The third kappa shape index (κ3) is 6.91. The van der Waals surface area contributed by atoms with Crippen molar-refractivity contribution in [3.05, 3.63) is 65.7 Å². The first kappa shape index (κ1) is 20.1. The molecule has 0 heterocycles. The monoisotopic (exact) mass is 369 g/mol. The number of nitrogens with one attached hydrogen (secondary N) is 2. The molecule has 1 atom stereocenters. The van der Waals surface area contributed by atoms with Gasteiger partial charge in [0.15, 0.2) is 0 Å². The molecule has 0 aliphatic heterocycles. The van der Waals surface area contributed by atoms with E-state index in [1.807, 2.05) is 30.3 Å². The van der Waals surface area contributed by atoms with Crippen molar-refractivity contribution in [3.63, 3.8) is 0 Å². The van der Waals surface area contributed by atoms with Gasteiger partial charge in [0.25, 0.3) is 0 Å². The number of methoxy groups -OCH3 is 1. The predicted octanol–water partition coefficient (Wildman–Crippen LogP) is 1.55. The SMILES string of the molecule is COC(=O)CNC(=O)Cc1ccc(NC(=O)CC(N)c2ccccc2)cc1. The third-order valence-corrected chi connectivity index (χ3v) is 3.89. The summed E-state index contributed by atoms with van der Waals surface area (Å²) in [5, 5.41) is 5.26. The van der Waals surface area contributed by atoms with Gasteiger partial charge in [0.2, 0.25) is 11.8 Å². The van der Waals surface area contributed by atoms with Crippen LogP contribution in [0.25, 0.3) is 0 Å². The van der Waals surface area contributed by atoms with Crippen LogP contribution in [0.1, 0.15) is 23.6 Å². The van der Waals surface area contributed by atoms with E-state index in [1.165, 1.54) is 7.11 Å². The van der Waals surface area contributed by atoms with Crippen molar-refractivity contribution in [2.75, 3.05) is 19.0 Å². The molecule has 0 aromatic heterocycles. The van der Waals surface area contributed by atoms with E-state index in [1.54, 1.807) is 24.3 Å². The minimum atomic E-state index is -0.505. The maximum Gasteiger partial charge on any atom is 0.325 e. The van der Waals surface area contributed by atoms with E-state index in [0.29, 0.717) is 5.69 Å². The molecule has 0 saturated heterocycles. The molecule has 0 bridgehead atoms. The molecule has 0 aliphatic carbocycles. The molecule has 142 valence electrons. The Morgan fingerprint density at radius 2 is 1.67 bits per heavy atom. The normalized spacial score (nSPS) is 11.3. The zero-order valence-corrected chi connectivity index (χ0v) is 15.1. The highest BCUT2D eigenvalue weighted by Gasteiger charge is 2.12. The summed E-state index contributed by atoms with van der Waals surface area (Å²) in [4.78, 5) is 34.9. The Balaban J connectivity index is 1.81. The van der Waals surface area contributed by atoms with E-state index in [0.717, 1.165) is 11.1 Å². The lowest BCUT2D eigenvalue weighted by molar-refractivity contribution is -0.141. The number of hydrogen-bond acceptors (Lipinski definition) is 5. The summed E-state index contributed by atoms with van der Waals surface area (Å²) in [6.07, 6.45) is 0.297. The third-order valence-electron chi connectivity index (χ3n) is 3.89. The van der Waals surface area contributed by atoms with Crippen LogP contribution in [0.4, 0.5) is 5.69 Å². The fraction of sp³-hybridized carbons (Fsp3) is 0.250. The van der Waals surface area contributed by atoms with Crippen LogP contribution < -0.4 is 16.4 Å². The van der Waals surface area contributed by atoms with Crippen molar-refractivity contribution < 1.29 is 19.1 Å². The molecule has 0 radical (unpaired) electrons. The summed E-state index contributed by atoms with van der Waals surface area (Å²) in [6.45, 7) is -0.162. The van der Waals surface area contributed by atoms with Crippen LogP contribution in [0.5, 0.6) is 0 Å². The highest BCUT2D eigenvalue weighted by Crippen LogP contribution is 2.15. The lowest BCUT2D eigenvalue weighted by Crippen LogP contribution is -2.31. The lowest BCUT2D eigenvalue weighted by atomic mass is 10.0. The quantitative estimate of drug-likeness (QED) is 0.612. The number of carbonyl (C=O) groups excluding carboxylic acids is 3. The van der Waals surface area contributed by atoms with E-state index in [2.05, 4.69) is 15.4 Å². The van der Waals surface area contributed by atoms with E-state index in [4.69, 9.17) is 5.73 Å². The summed E-state index contributed by atoms with van der Waals surface area (Å²) in [6, 6.07) is 16.0. The number of ether oxygens (including phenoxy) is 1. The first-order chi connectivity index (χ1) is 13.0. The largest absolute Gasteiger partial charge is 0.468 e. The molecule has 0 spiro atoms. The van der Waals surface area contributed by atoms with Crippen molar-refractivity contribution in [1.29, 1.82) is 0 Å². The van der Waals surface area contributed by atoms with Crippen LogP contribution in [0.2, 0.25) is 0 Å². The van der Waals surface area contributed by atoms with Gasteiger partial charge in [-0.05, 0) is 23.3 Å². The van der Waals surface area contributed by atoms with Gasteiger partial charge < -0.3 is 21.1 Å². The fourth-order valence-corrected chi connectivity index (χ4v) is 2.43. The molecule has 0 aliphatic rings. The fourth-order valence-electron chi connectivity index (χ4n) is 2.43. The van der Waals surface area contributed by atoms with Crippen LogP contribution in [-0.2, 0) is 25.5 Å². The summed E-state index contributed by atoms with van der Waals surface area (Å²) in [5.41, 5.74) is 8.34. The highest BCUT2D eigenvalue weighted by molar-refractivity contribution is 5.91. The molecule has 4 N–H and O–H groups in total. The Morgan fingerprint density at radius 1 is 1.00 bits per heavy atom. The van der Waals surface area contributed by atoms with Crippen LogP contribution in [0.3, 0.4) is 0 Å². The van der Waals surface area contributed by atoms with Gasteiger partial charge in [-0.25, -0.2) is 0 Å². The maximum absolute atomic E-state index is 12.1. The molecule has 2 aromatic rings. The molecule has 2 aromatic carbocycles. The van der Waals surface area contributed by atoms with Gasteiger partial charge in [0.05, 0.1) is 13.5 Å². The molecule has 2 rings (SSSR count). The second-order valence-corrected chi connectivity index (χ2v) is 6.00. The zero-order chi connectivity index (χ0) is 19.6. The number of amides is 2. The first-order valence-corrected chi connectivity index (χ1v) is 8.50. The van der Waals surface area contributed by atoms with Crippen LogP contribution in [0.15, 0.2) is 54.6 Å². The standard InChI is InChI=1S/C20H23N3O4/c1-27-20(26)13-22-18(24)11-14-7-9-16(10-8-14)23-19(25)12-17(21)15-5-3-2-4-6-15/h2-10,17H,11-13,21H2,1H3,(H,22,24)(H,23,25). The van der Waals surface area contributed by atoms with Crippen LogP contribution in [0, 0.1) is 0 Å². The Bertz CT molecular complexity index is 776. The second-order valence-electron chi connectivity index (χ2n) is 6.00. The van der Waals surface area contributed by atoms with E-state index in [-0.39, 0.29) is 37.2 Å². The lowest BCUT2D eigenvalue weighted by Gasteiger charge is -2.12. The first-order valence-electron chi connectivity index (χ1n) is 8.50. The Kier molecular flexibility index (Phi) is 7.51. The van der Waals surface area contributed by atoms with Gasteiger partial charge in [0.1, 0.15) is 6.54 Å². The van der Waals surface area contributed by atoms with Crippen molar-refractivity contribution in [3.8, 4) is 0 Å². The summed E-state index contributed by atoms with van der Waals surface area (Å²) >= 11 is 0. The topological polar surface area (TPSA) is 111 Å². The average Bonchev–Trinajstić information content (AvgIpc) is 2.68. The van der Waals surface area contributed by atoms with Crippen molar-refractivity contribution >= 4 is 23.5 Å². The molecule has 0 saturated carbocycles. The summed E-state index contributed by atoms with van der Waals surface area (Å²) in [5.74, 6) is -0.976. The van der Waals surface area contributed by atoms with Crippen molar-refractivity contribution in [2.45, 2.75) is 18.9 Å². The summed E-state index contributed by atoms with van der Waals surface area (Å²) < 4.78 is 4.46. The predicted molar refractivity (Wildman–Crippen MR) is 102 cm³/mol. The van der Waals surface area contributed by atoms with Crippen LogP contribution >= 0.6 is 0 Å². The average molecular weight is 369 g/mol. The van der Waals surface area contributed by atoms with Gasteiger partial charge in [0, 0.05) is 18.2 Å². The van der Waals surface area contributed by atoms with Gasteiger partial charge >= 0.3 is 5.97 Å². The van der Waals surface area contributed by atoms with Gasteiger partial charge in [-0.15, -0.1) is 0 Å². The van der Waals surface area contributed by atoms with Gasteiger partial charge in [-0.2, -0.15) is 0 Å². The number of carbonyl (C=O) groups is 3. The van der Waals surface area contributed by atoms with Crippen molar-refractivity contribution in [1.82, 2.24) is 5.32 Å². The van der Waals surface area contributed by atoms with Crippen molar-refractivity contribution in [2.24, 2.45) is 5.73 Å². The molecule has 2 amide bonds. The molecule has 0 fully saturated rings.